The van der Waals surface area contributed by atoms with Crippen molar-refractivity contribution in [2.75, 3.05) is 6.26 Å². The largest absolute Gasteiger partial charge is 0.294 e. The van der Waals surface area contributed by atoms with Crippen molar-refractivity contribution in [2.24, 2.45) is 0 Å². The van der Waals surface area contributed by atoms with Gasteiger partial charge in [-0.15, -0.1) is 0 Å². The van der Waals surface area contributed by atoms with E-state index in [-0.39, 0.29) is 27.1 Å². The van der Waals surface area contributed by atoms with Crippen molar-refractivity contribution >= 4 is 39.1 Å². The molecule has 1 aromatic rings. The molecule has 0 aliphatic rings. The maximum Gasteiger partial charge on any atom is 0.177 e. The van der Waals surface area contributed by atoms with Crippen LogP contribution >= 0.6 is 11.6 Å². The van der Waals surface area contributed by atoms with Gasteiger partial charge in [0.2, 0.25) is 0 Å². The Bertz CT molecular complexity index is 656. The third-order valence-electron chi connectivity index (χ3n) is 2.42. The van der Waals surface area contributed by atoms with E-state index in [9.17, 15) is 18.0 Å². The Morgan fingerprint density at radius 2 is 1.68 bits per heavy atom. The summed E-state index contributed by atoms with van der Waals surface area (Å²) >= 11 is 5.81. The summed E-state index contributed by atoms with van der Waals surface area (Å²) in [5, 5.41) is 0.104. The second-order valence-electron chi connectivity index (χ2n) is 4.13. The van der Waals surface area contributed by atoms with Crippen molar-refractivity contribution in [1.82, 2.24) is 0 Å². The predicted octanol–water partition coefficient (Wildman–Crippen LogP) is 2.30. The van der Waals surface area contributed by atoms with Crippen LogP contribution in [0, 0.1) is 0 Å². The average Bonchev–Trinajstić information content (AvgIpc) is 2.25. The van der Waals surface area contributed by atoms with Gasteiger partial charge in [0.1, 0.15) is 0 Å². The van der Waals surface area contributed by atoms with Crippen LogP contribution in [-0.4, -0.2) is 26.2 Å². The number of benzene rings is 1. The Labute approximate surface area is 117 Å². The smallest absolute Gasteiger partial charge is 0.177 e. The van der Waals surface area contributed by atoms with Gasteiger partial charge in [-0.05, 0) is 37.6 Å². The molecule has 0 heterocycles. The quantitative estimate of drug-likeness (QED) is 0.486. The van der Waals surface area contributed by atoms with E-state index in [1.165, 1.54) is 32.1 Å². The van der Waals surface area contributed by atoms with Gasteiger partial charge in [-0.2, -0.15) is 0 Å². The van der Waals surface area contributed by atoms with Gasteiger partial charge in [-0.3, -0.25) is 9.59 Å². The van der Waals surface area contributed by atoms with Crippen molar-refractivity contribution in [3.05, 3.63) is 34.4 Å². The van der Waals surface area contributed by atoms with Crippen molar-refractivity contribution in [1.29, 1.82) is 0 Å². The van der Waals surface area contributed by atoms with E-state index in [4.69, 9.17) is 11.6 Å². The van der Waals surface area contributed by atoms with Gasteiger partial charge in [0.05, 0.1) is 15.5 Å². The molecule has 0 saturated heterocycles. The van der Waals surface area contributed by atoms with Gasteiger partial charge in [0.25, 0.3) is 0 Å². The van der Waals surface area contributed by atoms with Crippen LogP contribution in [0.15, 0.2) is 28.7 Å². The third kappa shape index (κ3) is 4.01. The fraction of sp³-hybridized carbons (Fsp3) is 0.231. The highest BCUT2D eigenvalue weighted by Gasteiger charge is 2.14. The molecular formula is C13H13ClO4S. The molecule has 0 aromatic heterocycles. The van der Waals surface area contributed by atoms with E-state index in [1.807, 2.05) is 0 Å². The highest BCUT2D eigenvalue weighted by Crippen LogP contribution is 2.23. The molecule has 0 N–H and O–H groups in total. The summed E-state index contributed by atoms with van der Waals surface area (Å²) in [5.41, 5.74) is 0.451. The number of hydrogen-bond donors (Lipinski definition) is 0. The van der Waals surface area contributed by atoms with Gasteiger partial charge in [-0.25, -0.2) is 8.42 Å². The molecular weight excluding hydrogens is 288 g/mol. The molecule has 0 fully saturated rings. The molecule has 1 aromatic carbocycles. The zero-order chi connectivity index (χ0) is 14.8. The number of Topliss-reactive ketones (excluding diaryl/α,β-unsaturated/α-hetero) is 2. The molecule has 19 heavy (non-hydrogen) atoms. The van der Waals surface area contributed by atoms with Gasteiger partial charge in [-0.1, -0.05) is 17.7 Å². The lowest BCUT2D eigenvalue weighted by molar-refractivity contribution is -0.119. The monoisotopic (exact) mass is 300 g/mol. The van der Waals surface area contributed by atoms with Gasteiger partial charge >= 0.3 is 0 Å². The molecule has 0 amide bonds. The molecule has 0 saturated carbocycles. The lowest BCUT2D eigenvalue weighted by Gasteiger charge is -2.04. The van der Waals surface area contributed by atoms with Crippen LogP contribution in [0.4, 0.5) is 0 Å². The number of carbonyl (C=O) groups is 2. The van der Waals surface area contributed by atoms with Crippen molar-refractivity contribution in [3.8, 4) is 0 Å². The average molecular weight is 301 g/mol. The summed E-state index contributed by atoms with van der Waals surface area (Å²) in [5.74, 6) is -0.744. The van der Waals surface area contributed by atoms with E-state index < -0.39 is 9.84 Å². The Hall–Kier alpha value is -1.46. The maximum atomic E-state index is 11.5. The number of carbonyl (C=O) groups excluding carboxylic acids is 2. The number of allylic oxidation sites excluding steroid dienone is 1. The summed E-state index contributed by atoms with van der Waals surface area (Å²) in [6.45, 7) is 2.56. The fourth-order valence-corrected chi connectivity index (χ4v) is 2.82. The van der Waals surface area contributed by atoms with Gasteiger partial charge < -0.3 is 0 Å². The molecule has 0 aliphatic carbocycles. The summed E-state index contributed by atoms with van der Waals surface area (Å²) < 4.78 is 23.0. The van der Waals surface area contributed by atoms with Crippen LogP contribution in [-0.2, 0) is 19.4 Å². The standard InChI is InChI=1S/C13H13ClO4S/c1-8(15)11(9(2)16)6-10-4-5-12(14)13(7-10)19(3,17)18/h4-7H,1-3H3. The van der Waals surface area contributed by atoms with Gasteiger partial charge in [0.15, 0.2) is 21.4 Å². The minimum Gasteiger partial charge on any atom is -0.294 e. The molecule has 0 atom stereocenters. The van der Waals surface area contributed by atoms with Crippen LogP contribution in [0.2, 0.25) is 5.02 Å². The Kier molecular flexibility index (Phi) is 4.66. The van der Waals surface area contributed by atoms with E-state index in [2.05, 4.69) is 0 Å². The molecule has 0 unspecified atom stereocenters. The minimum atomic E-state index is -3.46. The molecule has 4 nitrogen and oxygen atoms in total. The lowest BCUT2D eigenvalue weighted by atomic mass is 10.0. The first kappa shape index (κ1) is 15.6. The summed E-state index contributed by atoms with van der Waals surface area (Å²) in [6, 6.07) is 4.30. The predicted molar refractivity (Wildman–Crippen MR) is 73.9 cm³/mol. The van der Waals surface area contributed by atoms with E-state index >= 15 is 0 Å². The normalized spacial score (nSPS) is 10.9. The number of rotatable bonds is 4. The highest BCUT2D eigenvalue weighted by atomic mass is 35.5. The van der Waals surface area contributed by atoms with Crippen molar-refractivity contribution < 1.29 is 18.0 Å². The molecule has 1 rings (SSSR count). The first-order valence-electron chi connectivity index (χ1n) is 5.36. The molecule has 102 valence electrons. The zero-order valence-electron chi connectivity index (χ0n) is 10.7. The van der Waals surface area contributed by atoms with E-state index in [1.54, 1.807) is 6.07 Å². The Morgan fingerprint density at radius 3 is 2.11 bits per heavy atom. The first-order valence-corrected chi connectivity index (χ1v) is 7.63. The Morgan fingerprint density at radius 1 is 1.16 bits per heavy atom. The highest BCUT2D eigenvalue weighted by molar-refractivity contribution is 7.90. The first-order chi connectivity index (χ1) is 8.62. The van der Waals surface area contributed by atoms with Crippen LogP contribution in [0.3, 0.4) is 0 Å². The topological polar surface area (TPSA) is 68.3 Å². The lowest BCUT2D eigenvalue weighted by Crippen LogP contribution is -2.06. The summed E-state index contributed by atoms with van der Waals surface area (Å²) in [7, 11) is -3.46. The molecule has 6 heteroatoms. The van der Waals surface area contributed by atoms with Crippen LogP contribution in [0.25, 0.3) is 6.08 Å². The van der Waals surface area contributed by atoms with E-state index in [0.29, 0.717) is 5.56 Å². The summed E-state index contributed by atoms with van der Waals surface area (Å²) in [6.07, 6.45) is 2.40. The second kappa shape index (κ2) is 5.67. The maximum absolute atomic E-state index is 11.5. The summed E-state index contributed by atoms with van der Waals surface area (Å²) in [4.78, 5) is 22.6. The SMILES string of the molecule is CC(=O)C(=Cc1ccc(Cl)c(S(C)(=O)=O)c1)C(C)=O. The number of ketones is 2. The number of halogens is 1. The van der Waals surface area contributed by atoms with Crippen LogP contribution in [0.1, 0.15) is 19.4 Å². The molecule has 0 radical (unpaired) electrons. The van der Waals surface area contributed by atoms with Crippen LogP contribution < -0.4 is 0 Å². The fourth-order valence-electron chi connectivity index (χ4n) is 1.51. The minimum absolute atomic E-state index is 0.0155. The van der Waals surface area contributed by atoms with Crippen molar-refractivity contribution in [3.63, 3.8) is 0 Å². The van der Waals surface area contributed by atoms with Gasteiger partial charge in [0, 0.05) is 6.26 Å². The van der Waals surface area contributed by atoms with Crippen LogP contribution in [0.5, 0.6) is 0 Å². The molecule has 0 aliphatic heterocycles. The molecule has 0 spiro atoms. The van der Waals surface area contributed by atoms with E-state index in [0.717, 1.165) is 6.26 Å². The number of sulfone groups is 1. The third-order valence-corrected chi connectivity index (χ3v) is 4.00. The molecule has 0 bridgehead atoms. The number of hydrogen-bond acceptors (Lipinski definition) is 4. The zero-order valence-corrected chi connectivity index (χ0v) is 12.3. The second-order valence-corrected chi connectivity index (χ2v) is 6.52. The van der Waals surface area contributed by atoms with Crippen molar-refractivity contribution in [2.45, 2.75) is 18.7 Å². The Balaban J connectivity index is 3.43.